The highest BCUT2D eigenvalue weighted by molar-refractivity contribution is 5.76. The van der Waals surface area contributed by atoms with Crippen molar-refractivity contribution in [2.24, 2.45) is 0 Å². The number of aliphatic hydroxyl groups is 2. The average molecular weight is 915 g/mol. The summed E-state index contributed by atoms with van der Waals surface area (Å²) in [5, 5.41) is 23.3. The molecular weight excluding hydrogens is 803 g/mol. The van der Waals surface area contributed by atoms with Gasteiger partial charge in [0.1, 0.15) is 0 Å². The number of unbranched alkanes of at least 4 members (excludes halogenated alkanes) is 36. The van der Waals surface area contributed by atoms with Crippen molar-refractivity contribution in [3.05, 3.63) is 36.5 Å². The number of aliphatic hydroxyl groups excluding tert-OH is 2. The standard InChI is InChI=1S/C59H111NO5/c1-3-5-7-9-11-13-15-17-18-24-28-31-35-39-43-47-51-57(62)56(55-61)60-58(63)52-48-44-40-36-32-29-25-22-20-19-21-23-26-30-34-38-42-46-50-54-65-59(64)53-49-45-41-37-33-27-16-14-12-10-8-6-4-2/h8,10,14,16,19-20,56-57,61-62H,3-7,9,11-13,15,17-18,21-55H2,1-2H3,(H,60,63)/b10-8-,16-14-,20-19-. The number of rotatable bonds is 53. The summed E-state index contributed by atoms with van der Waals surface area (Å²) in [6.45, 7) is 4.88. The van der Waals surface area contributed by atoms with Crippen molar-refractivity contribution in [2.75, 3.05) is 13.2 Å². The van der Waals surface area contributed by atoms with E-state index in [9.17, 15) is 19.8 Å². The van der Waals surface area contributed by atoms with E-state index < -0.39 is 12.1 Å². The van der Waals surface area contributed by atoms with Crippen LogP contribution in [0.5, 0.6) is 0 Å². The number of carbonyl (C=O) groups is 2. The first-order valence-corrected chi connectivity index (χ1v) is 28.7. The molecule has 1 amide bonds. The molecule has 0 aromatic rings. The third-order valence-corrected chi connectivity index (χ3v) is 13.1. The smallest absolute Gasteiger partial charge is 0.305 e. The molecule has 0 saturated heterocycles. The first-order valence-electron chi connectivity index (χ1n) is 28.7. The molecule has 0 aliphatic carbocycles. The lowest BCUT2D eigenvalue weighted by atomic mass is 10.0. The maximum Gasteiger partial charge on any atom is 0.305 e. The molecule has 0 aromatic heterocycles. The minimum Gasteiger partial charge on any atom is -0.466 e. The molecule has 3 N–H and O–H groups in total. The quantitative estimate of drug-likeness (QED) is 0.0321. The van der Waals surface area contributed by atoms with Crippen LogP contribution in [0.4, 0.5) is 0 Å². The normalized spacial score (nSPS) is 12.9. The molecule has 0 heterocycles. The SMILES string of the molecule is CCC/C=C\C/C=C\CCCCCCCC(=O)OCCCCCCCCCC/C=C\CCCCCCCCCC(=O)NC(CO)C(O)CCCCCCCCCCCCCCCCCC. The predicted octanol–water partition coefficient (Wildman–Crippen LogP) is 17.6. The van der Waals surface area contributed by atoms with Gasteiger partial charge in [-0.15, -0.1) is 0 Å². The van der Waals surface area contributed by atoms with Gasteiger partial charge in [-0.3, -0.25) is 9.59 Å². The number of hydrogen-bond acceptors (Lipinski definition) is 5. The summed E-state index contributed by atoms with van der Waals surface area (Å²) in [5.41, 5.74) is 0. The number of hydrogen-bond donors (Lipinski definition) is 3. The highest BCUT2D eigenvalue weighted by atomic mass is 16.5. The summed E-state index contributed by atoms with van der Waals surface area (Å²) >= 11 is 0. The van der Waals surface area contributed by atoms with E-state index in [1.165, 1.54) is 212 Å². The second-order valence-electron chi connectivity index (χ2n) is 19.6. The van der Waals surface area contributed by atoms with E-state index >= 15 is 0 Å². The fourth-order valence-electron chi connectivity index (χ4n) is 8.73. The Balaban J connectivity index is 3.45. The van der Waals surface area contributed by atoms with Crippen LogP contribution in [0.1, 0.15) is 303 Å². The summed E-state index contributed by atoms with van der Waals surface area (Å²) in [6, 6.07) is -0.549. The molecule has 0 aliphatic rings. The minimum absolute atomic E-state index is 0.0115. The van der Waals surface area contributed by atoms with Gasteiger partial charge in [0.25, 0.3) is 0 Å². The summed E-state index contributed by atoms with van der Waals surface area (Å²) in [5.74, 6) is -0.0555. The Morgan fingerprint density at radius 1 is 0.431 bits per heavy atom. The van der Waals surface area contributed by atoms with Crippen molar-refractivity contribution in [1.29, 1.82) is 0 Å². The van der Waals surface area contributed by atoms with Crippen LogP contribution in [-0.4, -0.2) is 47.4 Å². The second-order valence-corrected chi connectivity index (χ2v) is 19.6. The van der Waals surface area contributed by atoms with Crippen molar-refractivity contribution in [2.45, 2.75) is 315 Å². The number of allylic oxidation sites excluding steroid dienone is 6. The number of ether oxygens (including phenoxy) is 1. The maximum absolute atomic E-state index is 12.5. The molecule has 0 aliphatic heterocycles. The predicted molar refractivity (Wildman–Crippen MR) is 283 cm³/mol. The largest absolute Gasteiger partial charge is 0.466 e. The zero-order valence-corrected chi connectivity index (χ0v) is 43.5. The summed E-state index contributed by atoms with van der Waals surface area (Å²) in [7, 11) is 0. The molecule has 0 bridgehead atoms. The molecule has 0 radical (unpaired) electrons. The van der Waals surface area contributed by atoms with Crippen molar-refractivity contribution < 1.29 is 24.5 Å². The lowest BCUT2D eigenvalue weighted by molar-refractivity contribution is -0.143. The van der Waals surface area contributed by atoms with Crippen LogP contribution in [0.2, 0.25) is 0 Å². The molecule has 0 saturated carbocycles. The third kappa shape index (κ3) is 51.3. The Hall–Kier alpha value is -1.92. The Bertz CT molecular complexity index is 1060. The minimum atomic E-state index is -0.671. The van der Waals surface area contributed by atoms with Crippen molar-refractivity contribution >= 4 is 11.9 Å². The Morgan fingerprint density at radius 3 is 1.25 bits per heavy atom. The maximum atomic E-state index is 12.5. The van der Waals surface area contributed by atoms with Gasteiger partial charge in [0.2, 0.25) is 5.91 Å². The monoisotopic (exact) mass is 914 g/mol. The average Bonchev–Trinajstić information content (AvgIpc) is 3.31. The zero-order chi connectivity index (χ0) is 47.2. The third-order valence-electron chi connectivity index (χ3n) is 13.1. The lowest BCUT2D eigenvalue weighted by Crippen LogP contribution is -2.45. The van der Waals surface area contributed by atoms with Crippen molar-refractivity contribution in [1.82, 2.24) is 5.32 Å². The molecule has 6 heteroatoms. The number of carbonyl (C=O) groups excluding carboxylic acids is 2. The Morgan fingerprint density at radius 2 is 0.800 bits per heavy atom. The van der Waals surface area contributed by atoms with Gasteiger partial charge in [0.15, 0.2) is 0 Å². The van der Waals surface area contributed by atoms with Gasteiger partial charge in [0.05, 0.1) is 25.4 Å². The molecule has 382 valence electrons. The van der Waals surface area contributed by atoms with Crippen LogP contribution in [0, 0.1) is 0 Å². The van der Waals surface area contributed by atoms with E-state index in [1.54, 1.807) is 0 Å². The van der Waals surface area contributed by atoms with E-state index in [2.05, 4.69) is 55.6 Å². The molecule has 6 nitrogen and oxygen atoms in total. The van der Waals surface area contributed by atoms with E-state index in [-0.39, 0.29) is 18.5 Å². The van der Waals surface area contributed by atoms with E-state index in [4.69, 9.17) is 4.74 Å². The molecule has 2 atom stereocenters. The molecule has 0 fully saturated rings. The number of nitrogens with one attached hydrogen (secondary N) is 1. The van der Waals surface area contributed by atoms with Crippen molar-refractivity contribution in [3.8, 4) is 0 Å². The van der Waals surface area contributed by atoms with Gasteiger partial charge < -0.3 is 20.3 Å². The van der Waals surface area contributed by atoms with E-state index in [0.717, 1.165) is 57.8 Å². The Kier molecular flexibility index (Phi) is 53.1. The van der Waals surface area contributed by atoms with Gasteiger partial charge in [-0.2, -0.15) is 0 Å². The van der Waals surface area contributed by atoms with Crippen LogP contribution < -0.4 is 5.32 Å². The number of amides is 1. The number of esters is 1. The van der Waals surface area contributed by atoms with Crippen LogP contribution in [0.25, 0.3) is 0 Å². The topological polar surface area (TPSA) is 95.9 Å². The highest BCUT2D eigenvalue weighted by Gasteiger charge is 2.20. The molecule has 0 spiro atoms. The Labute approximate surface area is 404 Å². The molecule has 0 aromatic carbocycles. The fourth-order valence-corrected chi connectivity index (χ4v) is 8.73. The molecule has 65 heavy (non-hydrogen) atoms. The molecule has 0 rings (SSSR count). The highest BCUT2D eigenvalue weighted by Crippen LogP contribution is 2.17. The second kappa shape index (κ2) is 54.7. The molecular formula is C59H111NO5. The van der Waals surface area contributed by atoms with Crippen LogP contribution in [-0.2, 0) is 14.3 Å². The van der Waals surface area contributed by atoms with Gasteiger partial charge in [-0.25, -0.2) is 0 Å². The summed E-state index contributed by atoms with van der Waals surface area (Å²) in [4.78, 5) is 24.5. The van der Waals surface area contributed by atoms with Crippen LogP contribution >= 0.6 is 0 Å². The fraction of sp³-hybridized carbons (Fsp3) is 0.864. The first kappa shape index (κ1) is 63.1. The lowest BCUT2D eigenvalue weighted by Gasteiger charge is -2.22. The first-order chi connectivity index (χ1) is 32.0. The van der Waals surface area contributed by atoms with Gasteiger partial charge >= 0.3 is 5.97 Å². The van der Waals surface area contributed by atoms with Gasteiger partial charge in [0, 0.05) is 12.8 Å². The van der Waals surface area contributed by atoms with Crippen LogP contribution in [0.3, 0.4) is 0 Å². The van der Waals surface area contributed by atoms with Crippen LogP contribution in [0.15, 0.2) is 36.5 Å². The molecule has 2 unspecified atom stereocenters. The van der Waals surface area contributed by atoms with E-state index in [0.29, 0.717) is 25.9 Å². The summed E-state index contributed by atoms with van der Waals surface area (Å²) in [6.07, 6.45) is 67.0. The van der Waals surface area contributed by atoms with Crippen molar-refractivity contribution in [3.63, 3.8) is 0 Å². The van der Waals surface area contributed by atoms with Gasteiger partial charge in [-0.1, -0.05) is 249 Å². The summed E-state index contributed by atoms with van der Waals surface area (Å²) < 4.78 is 5.46. The zero-order valence-electron chi connectivity index (χ0n) is 43.5. The van der Waals surface area contributed by atoms with E-state index in [1.807, 2.05) is 0 Å². The van der Waals surface area contributed by atoms with Gasteiger partial charge in [-0.05, 0) is 77.0 Å².